The summed E-state index contributed by atoms with van der Waals surface area (Å²) in [7, 11) is 0. The number of hydrogen-bond donors (Lipinski definition) is 3. The number of hydrogen-bond acceptors (Lipinski definition) is 7. The van der Waals surface area contributed by atoms with Crippen LogP contribution in [0.5, 0.6) is 17.2 Å². The molecule has 0 aliphatic rings. The Hall–Kier alpha value is -6.34. The Kier molecular flexibility index (Phi) is 7.87. The van der Waals surface area contributed by atoms with Gasteiger partial charge in [0.2, 0.25) is 0 Å². The Morgan fingerprint density at radius 3 is 0.979 bits per heavy atom. The van der Waals surface area contributed by atoms with Crippen LogP contribution in [-0.4, -0.2) is 35.3 Å². The molecule has 7 rings (SSSR count). The summed E-state index contributed by atoms with van der Waals surface area (Å²) in [6.45, 7) is 5.91. The Morgan fingerprint density at radius 2 is 0.625 bits per heavy atom. The summed E-state index contributed by atoms with van der Waals surface area (Å²) in [5.41, 5.74) is 10.4. The van der Waals surface area contributed by atoms with Crippen LogP contribution in [0.15, 0.2) is 121 Å². The summed E-state index contributed by atoms with van der Waals surface area (Å²) in [5.74, 6) is 0.388. The Bertz CT molecular complexity index is 2170. The first-order chi connectivity index (χ1) is 23.2. The van der Waals surface area contributed by atoms with Gasteiger partial charge >= 0.3 is 0 Å². The van der Waals surface area contributed by atoms with Crippen LogP contribution in [0, 0.1) is 20.8 Å². The van der Waals surface area contributed by atoms with Crippen molar-refractivity contribution in [3.63, 3.8) is 0 Å². The van der Waals surface area contributed by atoms with Gasteiger partial charge in [-0.15, -0.1) is 0 Å². The van der Waals surface area contributed by atoms with E-state index < -0.39 is 0 Å². The third-order valence-electron chi connectivity index (χ3n) is 8.18. The highest BCUT2D eigenvalue weighted by Gasteiger charge is 2.17. The van der Waals surface area contributed by atoms with Crippen LogP contribution in [0.1, 0.15) is 16.7 Å². The fourth-order valence-electron chi connectivity index (χ4n) is 5.79. The van der Waals surface area contributed by atoms with E-state index in [1.54, 1.807) is 12.1 Å². The van der Waals surface area contributed by atoms with E-state index in [0.717, 1.165) is 16.7 Å². The largest absolute Gasteiger partial charge is 0.507 e. The molecule has 3 N–H and O–H groups in total. The van der Waals surface area contributed by atoms with Gasteiger partial charge in [-0.25, -0.2) is 19.9 Å². The van der Waals surface area contributed by atoms with Crippen molar-refractivity contribution in [2.75, 3.05) is 0 Å². The van der Waals surface area contributed by atoms with Gasteiger partial charge in [0.25, 0.3) is 0 Å². The van der Waals surface area contributed by atoms with E-state index in [2.05, 4.69) is 0 Å². The Balaban J connectivity index is 1.25. The first kappa shape index (κ1) is 30.3. The summed E-state index contributed by atoms with van der Waals surface area (Å²) in [6.07, 6.45) is 0. The molecule has 0 aliphatic heterocycles. The molecule has 0 saturated heterocycles. The maximum atomic E-state index is 11.7. The van der Waals surface area contributed by atoms with Crippen molar-refractivity contribution in [3.8, 4) is 85.1 Å². The van der Waals surface area contributed by atoms with Gasteiger partial charge in [-0.05, 0) is 111 Å². The van der Waals surface area contributed by atoms with Crippen LogP contribution in [0.25, 0.3) is 67.8 Å². The van der Waals surface area contributed by atoms with Crippen LogP contribution < -0.4 is 0 Å². The average Bonchev–Trinajstić information content (AvgIpc) is 3.11. The quantitative estimate of drug-likeness (QED) is 0.168. The fourth-order valence-corrected chi connectivity index (χ4v) is 5.79. The predicted molar refractivity (Wildman–Crippen MR) is 189 cm³/mol. The third kappa shape index (κ3) is 5.97. The monoisotopic (exact) mass is 628 g/mol. The second-order valence-electron chi connectivity index (χ2n) is 11.9. The molecule has 4 aromatic heterocycles. The number of phenolic OH excluding ortho intramolecular Hbond substituents is 3. The lowest BCUT2D eigenvalue weighted by molar-refractivity contribution is 0.476. The van der Waals surface area contributed by atoms with Gasteiger partial charge in [-0.1, -0.05) is 47.5 Å². The number of aromatic nitrogens is 4. The highest BCUT2D eigenvalue weighted by Crippen LogP contribution is 2.39. The zero-order valence-electron chi connectivity index (χ0n) is 26.7. The molecule has 0 spiro atoms. The summed E-state index contributed by atoms with van der Waals surface area (Å²) < 4.78 is 0. The molecular formula is C41H32N4O3. The van der Waals surface area contributed by atoms with Crippen LogP contribution in [-0.2, 0) is 0 Å². The van der Waals surface area contributed by atoms with Crippen molar-refractivity contribution >= 4 is 0 Å². The third-order valence-corrected chi connectivity index (χ3v) is 8.18. The summed E-state index contributed by atoms with van der Waals surface area (Å²) >= 11 is 0. The molecule has 0 fully saturated rings. The van der Waals surface area contributed by atoms with Crippen LogP contribution in [0.3, 0.4) is 0 Å². The molecule has 0 amide bonds. The SMILES string of the molecule is Cc1ccc(O)c(-c2cccc(-c3cccc(-c4cc(C)cc(-c5cccc(-c6cccc(-c7cc(C)ccc7O)n6)n5)c4O)n3)n2)c1. The van der Waals surface area contributed by atoms with Gasteiger partial charge in [0.15, 0.2) is 0 Å². The zero-order valence-corrected chi connectivity index (χ0v) is 26.7. The number of phenols is 3. The van der Waals surface area contributed by atoms with Crippen molar-refractivity contribution in [3.05, 3.63) is 138 Å². The van der Waals surface area contributed by atoms with Gasteiger partial charge in [-0.3, -0.25) is 0 Å². The molecule has 0 bridgehead atoms. The van der Waals surface area contributed by atoms with Gasteiger partial charge in [-0.2, -0.15) is 0 Å². The van der Waals surface area contributed by atoms with Gasteiger partial charge in [0.1, 0.15) is 17.2 Å². The Morgan fingerprint density at radius 1 is 0.333 bits per heavy atom. The molecule has 0 saturated carbocycles. The second-order valence-corrected chi connectivity index (χ2v) is 11.9. The smallest absolute Gasteiger partial charge is 0.134 e. The van der Waals surface area contributed by atoms with Crippen molar-refractivity contribution in [1.82, 2.24) is 19.9 Å². The molecule has 7 nitrogen and oxygen atoms in total. The Labute approximate surface area is 278 Å². The van der Waals surface area contributed by atoms with E-state index in [4.69, 9.17) is 19.9 Å². The number of nitrogens with zero attached hydrogens (tertiary/aromatic N) is 4. The van der Waals surface area contributed by atoms with Crippen LogP contribution in [0.2, 0.25) is 0 Å². The minimum Gasteiger partial charge on any atom is -0.507 e. The minimum atomic E-state index is 0.0627. The number of pyridine rings is 4. The number of benzene rings is 3. The summed E-state index contributed by atoms with van der Waals surface area (Å²) in [6, 6.07) is 37.2. The molecule has 0 atom stereocenters. The molecule has 3 aromatic carbocycles. The van der Waals surface area contributed by atoms with Crippen molar-refractivity contribution in [2.24, 2.45) is 0 Å². The normalized spacial score (nSPS) is 11.1. The molecule has 7 aromatic rings. The fraction of sp³-hybridized carbons (Fsp3) is 0.0732. The van der Waals surface area contributed by atoms with Gasteiger partial charge in [0.05, 0.1) is 45.6 Å². The number of aryl methyl sites for hydroxylation is 3. The summed E-state index contributed by atoms with van der Waals surface area (Å²) in [4.78, 5) is 19.4. The van der Waals surface area contributed by atoms with E-state index in [1.165, 1.54) is 0 Å². The molecule has 48 heavy (non-hydrogen) atoms. The minimum absolute atomic E-state index is 0.0627. The molecule has 234 valence electrons. The highest BCUT2D eigenvalue weighted by molar-refractivity contribution is 5.82. The molecule has 0 radical (unpaired) electrons. The molecule has 0 aliphatic carbocycles. The first-order valence-electron chi connectivity index (χ1n) is 15.6. The lowest BCUT2D eigenvalue weighted by Gasteiger charge is -2.13. The average molecular weight is 629 g/mol. The standard InChI is InChI=1S/C41H32N4O3/c1-24-16-18-39(46)27(20-24)31-8-4-12-35(42-31)37-14-6-10-33(44-37)29-22-26(3)23-30(41(29)48)34-11-7-15-38(45-34)36-13-5-9-32(43-36)28-21-25(2)17-19-40(28)47/h4-23,46-48H,1-3H3. The van der Waals surface area contributed by atoms with Gasteiger partial charge in [0, 0.05) is 22.3 Å². The lowest BCUT2D eigenvalue weighted by atomic mass is 9.99. The molecule has 4 heterocycles. The van der Waals surface area contributed by atoms with E-state index in [9.17, 15) is 15.3 Å². The maximum absolute atomic E-state index is 11.7. The van der Waals surface area contributed by atoms with Crippen LogP contribution in [0.4, 0.5) is 0 Å². The molecule has 0 unspecified atom stereocenters. The van der Waals surface area contributed by atoms with Crippen molar-refractivity contribution in [1.29, 1.82) is 0 Å². The lowest BCUT2D eigenvalue weighted by Crippen LogP contribution is -1.95. The molecule has 7 heteroatoms. The number of rotatable bonds is 6. The van der Waals surface area contributed by atoms with Crippen molar-refractivity contribution in [2.45, 2.75) is 20.8 Å². The number of aromatic hydroxyl groups is 3. The maximum Gasteiger partial charge on any atom is 0.134 e. The predicted octanol–water partition coefficient (Wildman–Crippen LogP) is 9.31. The zero-order chi connectivity index (χ0) is 33.4. The van der Waals surface area contributed by atoms with E-state index in [0.29, 0.717) is 67.8 Å². The van der Waals surface area contributed by atoms with E-state index >= 15 is 0 Å². The van der Waals surface area contributed by atoms with E-state index in [1.807, 2.05) is 130 Å². The topological polar surface area (TPSA) is 112 Å². The summed E-state index contributed by atoms with van der Waals surface area (Å²) in [5, 5.41) is 32.6. The second kappa shape index (κ2) is 12.5. The van der Waals surface area contributed by atoms with Crippen LogP contribution >= 0.6 is 0 Å². The highest BCUT2D eigenvalue weighted by atomic mass is 16.3. The van der Waals surface area contributed by atoms with Crippen molar-refractivity contribution < 1.29 is 15.3 Å². The molecular weight excluding hydrogens is 596 g/mol. The van der Waals surface area contributed by atoms with Gasteiger partial charge < -0.3 is 15.3 Å². The van der Waals surface area contributed by atoms with E-state index in [-0.39, 0.29) is 17.2 Å². The first-order valence-corrected chi connectivity index (χ1v) is 15.6.